The molecular weight excluding hydrogens is 362 g/mol. The van der Waals surface area contributed by atoms with Crippen molar-refractivity contribution in [2.75, 3.05) is 6.54 Å². The van der Waals surface area contributed by atoms with Crippen LogP contribution in [0.4, 0.5) is 0 Å². The number of carbonyl (C=O) groups excluding carboxylic acids is 1. The number of unbranched alkanes of at least 4 members (excludes halogenated alkanes) is 1. The molecule has 0 spiro atoms. The van der Waals surface area contributed by atoms with Gasteiger partial charge in [0.2, 0.25) is 0 Å². The Morgan fingerprint density at radius 3 is 2.77 bits per heavy atom. The zero-order valence-corrected chi connectivity index (χ0v) is 16.3. The van der Waals surface area contributed by atoms with Crippen molar-refractivity contribution in [1.82, 2.24) is 15.3 Å². The Kier molecular flexibility index (Phi) is 6.80. The van der Waals surface area contributed by atoms with Gasteiger partial charge in [0, 0.05) is 28.7 Å². The zero-order valence-electron chi connectivity index (χ0n) is 14.6. The van der Waals surface area contributed by atoms with Crippen LogP contribution in [0, 0.1) is 6.92 Å². The summed E-state index contributed by atoms with van der Waals surface area (Å²) in [6.07, 6.45) is 4.64. The van der Waals surface area contributed by atoms with E-state index in [1.54, 1.807) is 23.6 Å². The Balaban J connectivity index is 1.50. The third kappa shape index (κ3) is 5.41. The molecule has 0 atom stereocenters. The second-order valence-electron chi connectivity index (χ2n) is 5.87. The maximum absolute atomic E-state index is 12.5. The Hall–Kier alpha value is -2.18. The van der Waals surface area contributed by atoms with Crippen LogP contribution in [0.2, 0.25) is 0 Å². The van der Waals surface area contributed by atoms with Gasteiger partial charge in [-0.3, -0.25) is 4.79 Å². The van der Waals surface area contributed by atoms with E-state index in [2.05, 4.69) is 20.7 Å². The molecule has 0 radical (unpaired) electrons. The lowest BCUT2D eigenvalue weighted by Gasteiger charge is -2.09. The van der Waals surface area contributed by atoms with Crippen molar-refractivity contribution < 1.29 is 4.79 Å². The number of rotatable bonds is 8. The second kappa shape index (κ2) is 9.50. The minimum Gasteiger partial charge on any atom is -0.352 e. The standard InChI is InChI=1S/C20H21N3OS2/c1-15-14-25-18(23-15)11-5-6-12-21-19(24)17-10-7-13-22-20(17)26-16-8-3-2-4-9-16/h2-4,7-10,13-14H,5-6,11-12H2,1H3,(H,21,24). The van der Waals surface area contributed by atoms with Gasteiger partial charge in [0.15, 0.2) is 0 Å². The molecule has 1 N–H and O–H groups in total. The van der Waals surface area contributed by atoms with Crippen LogP contribution in [-0.2, 0) is 6.42 Å². The van der Waals surface area contributed by atoms with Crippen LogP contribution in [0.3, 0.4) is 0 Å². The Morgan fingerprint density at radius 1 is 1.15 bits per heavy atom. The van der Waals surface area contributed by atoms with Gasteiger partial charge in [0.25, 0.3) is 5.91 Å². The summed E-state index contributed by atoms with van der Waals surface area (Å²) in [4.78, 5) is 22.4. The molecule has 1 amide bonds. The molecular formula is C20H21N3OS2. The average Bonchev–Trinajstić information content (AvgIpc) is 3.08. The highest BCUT2D eigenvalue weighted by Gasteiger charge is 2.13. The lowest BCUT2D eigenvalue weighted by molar-refractivity contribution is 0.0949. The van der Waals surface area contributed by atoms with E-state index in [1.807, 2.05) is 43.3 Å². The monoisotopic (exact) mass is 383 g/mol. The summed E-state index contributed by atoms with van der Waals surface area (Å²) >= 11 is 3.21. The third-order valence-electron chi connectivity index (χ3n) is 3.74. The largest absolute Gasteiger partial charge is 0.352 e. The molecule has 0 fully saturated rings. The molecule has 2 heterocycles. The van der Waals surface area contributed by atoms with Crippen LogP contribution in [0.5, 0.6) is 0 Å². The number of aryl methyl sites for hydroxylation is 2. The number of amides is 1. The zero-order chi connectivity index (χ0) is 18.2. The molecule has 26 heavy (non-hydrogen) atoms. The predicted molar refractivity (Wildman–Crippen MR) is 107 cm³/mol. The lowest BCUT2D eigenvalue weighted by Crippen LogP contribution is -2.25. The smallest absolute Gasteiger partial charge is 0.254 e. The van der Waals surface area contributed by atoms with E-state index >= 15 is 0 Å². The summed E-state index contributed by atoms with van der Waals surface area (Å²) in [6, 6.07) is 13.6. The number of aromatic nitrogens is 2. The van der Waals surface area contributed by atoms with Gasteiger partial charge in [-0.1, -0.05) is 30.0 Å². The molecule has 0 aliphatic rings. The van der Waals surface area contributed by atoms with Gasteiger partial charge in [-0.2, -0.15) is 0 Å². The number of hydrogen-bond acceptors (Lipinski definition) is 5. The van der Waals surface area contributed by atoms with Crippen molar-refractivity contribution in [2.24, 2.45) is 0 Å². The van der Waals surface area contributed by atoms with E-state index in [0.29, 0.717) is 12.1 Å². The van der Waals surface area contributed by atoms with Crippen LogP contribution >= 0.6 is 23.1 Å². The van der Waals surface area contributed by atoms with Crippen molar-refractivity contribution in [3.63, 3.8) is 0 Å². The molecule has 3 rings (SSSR count). The Labute approximate surface area is 162 Å². The molecule has 0 saturated carbocycles. The van der Waals surface area contributed by atoms with E-state index in [1.165, 1.54) is 16.8 Å². The molecule has 1 aromatic carbocycles. The van der Waals surface area contributed by atoms with Gasteiger partial charge < -0.3 is 5.32 Å². The van der Waals surface area contributed by atoms with E-state index in [0.717, 1.165) is 34.9 Å². The van der Waals surface area contributed by atoms with Gasteiger partial charge >= 0.3 is 0 Å². The van der Waals surface area contributed by atoms with E-state index in [4.69, 9.17) is 0 Å². The topological polar surface area (TPSA) is 54.9 Å². The number of carbonyl (C=O) groups is 1. The lowest BCUT2D eigenvalue weighted by atomic mass is 10.2. The number of nitrogens with one attached hydrogen (secondary N) is 1. The molecule has 0 aliphatic heterocycles. The van der Waals surface area contributed by atoms with Crippen molar-refractivity contribution >= 4 is 29.0 Å². The number of hydrogen-bond donors (Lipinski definition) is 1. The summed E-state index contributed by atoms with van der Waals surface area (Å²) in [5.41, 5.74) is 1.70. The van der Waals surface area contributed by atoms with Crippen LogP contribution < -0.4 is 5.32 Å². The number of benzene rings is 1. The molecule has 6 heteroatoms. The van der Waals surface area contributed by atoms with Crippen LogP contribution in [0.1, 0.15) is 33.9 Å². The van der Waals surface area contributed by atoms with Crippen molar-refractivity contribution in [3.05, 3.63) is 70.3 Å². The summed E-state index contributed by atoms with van der Waals surface area (Å²) < 4.78 is 0. The van der Waals surface area contributed by atoms with Crippen LogP contribution in [0.25, 0.3) is 0 Å². The van der Waals surface area contributed by atoms with Gasteiger partial charge in [-0.05, 0) is 50.5 Å². The number of pyridine rings is 1. The highest BCUT2D eigenvalue weighted by molar-refractivity contribution is 7.99. The predicted octanol–water partition coefficient (Wildman–Crippen LogP) is 4.75. The summed E-state index contributed by atoms with van der Waals surface area (Å²) in [6.45, 7) is 2.67. The fourth-order valence-electron chi connectivity index (χ4n) is 2.46. The van der Waals surface area contributed by atoms with Crippen LogP contribution in [0.15, 0.2) is 64.0 Å². The summed E-state index contributed by atoms with van der Waals surface area (Å²) in [5, 5.41) is 6.98. The number of thiazole rings is 1. The number of nitrogens with zero attached hydrogens (tertiary/aromatic N) is 2. The maximum atomic E-state index is 12.5. The molecule has 0 unspecified atom stereocenters. The Morgan fingerprint density at radius 2 is 2.00 bits per heavy atom. The SMILES string of the molecule is Cc1csc(CCCCNC(=O)c2cccnc2Sc2ccccc2)n1. The van der Waals surface area contributed by atoms with Gasteiger partial charge in [-0.25, -0.2) is 9.97 Å². The third-order valence-corrected chi connectivity index (χ3v) is 5.80. The Bertz CT molecular complexity index is 849. The van der Waals surface area contributed by atoms with Crippen molar-refractivity contribution in [1.29, 1.82) is 0 Å². The average molecular weight is 384 g/mol. The first kappa shape index (κ1) is 18.6. The molecule has 134 valence electrons. The summed E-state index contributed by atoms with van der Waals surface area (Å²) in [7, 11) is 0. The molecule has 0 bridgehead atoms. The van der Waals surface area contributed by atoms with E-state index in [9.17, 15) is 4.79 Å². The van der Waals surface area contributed by atoms with Crippen molar-refractivity contribution in [3.8, 4) is 0 Å². The van der Waals surface area contributed by atoms with E-state index in [-0.39, 0.29) is 5.91 Å². The first-order chi connectivity index (χ1) is 12.7. The van der Waals surface area contributed by atoms with Gasteiger partial charge in [0.05, 0.1) is 10.6 Å². The van der Waals surface area contributed by atoms with Gasteiger partial charge in [0.1, 0.15) is 5.03 Å². The van der Waals surface area contributed by atoms with Gasteiger partial charge in [-0.15, -0.1) is 11.3 Å². The normalized spacial score (nSPS) is 10.7. The molecule has 3 aromatic rings. The highest BCUT2D eigenvalue weighted by atomic mass is 32.2. The fourth-order valence-corrected chi connectivity index (χ4v) is 4.18. The minimum atomic E-state index is -0.0679. The maximum Gasteiger partial charge on any atom is 0.254 e. The van der Waals surface area contributed by atoms with Crippen molar-refractivity contribution in [2.45, 2.75) is 36.1 Å². The first-order valence-corrected chi connectivity index (χ1v) is 10.3. The summed E-state index contributed by atoms with van der Waals surface area (Å²) in [5.74, 6) is -0.0679. The van der Waals surface area contributed by atoms with Crippen LogP contribution in [-0.4, -0.2) is 22.4 Å². The molecule has 0 saturated heterocycles. The first-order valence-electron chi connectivity index (χ1n) is 8.59. The fraction of sp³-hybridized carbons (Fsp3) is 0.250. The molecule has 4 nitrogen and oxygen atoms in total. The second-order valence-corrected chi connectivity index (χ2v) is 7.87. The quantitative estimate of drug-likeness (QED) is 0.570. The van der Waals surface area contributed by atoms with E-state index < -0.39 is 0 Å². The molecule has 2 aromatic heterocycles. The molecule has 0 aliphatic carbocycles. The minimum absolute atomic E-state index is 0.0679. The highest BCUT2D eigenvalue weighted by Crippen LogP contribution is 2.28.